The molecule has 2 unspecified atom stereocenters. The zero-order valence-electron chi connectivity index (χ0n) is 10.00. The summed E-state index contributed by atoms with van der Waals surface area (Å²) in [6.45, 7) is 1.99. The van der Waals surface area contributed by atoms with Gasteiger partial charge in [0.1, 0.15) is 17.6 Å². The molecule has 0 amide bonds. The molecule has 0 aliphatic heterocycles. The van der Waals surface area contributed by atoms with E-state index in [0.29, 0.717) is 0 Å². The van der Waals surface area contributed by atoms with Gasteiger partial charge in [0.05, 0.1) is 12.9 Å². The van der Waals surface area contributed by atoms with E-state index in [-0.39, 0.29) is 18.7 Å². The van der Waals surface area contributed by atoms with Gasteiger partial charge < -0.3 is 14.1 Å². The first-order chi connectivity index (χ1) is 8.22. The average Bonchev–Trinajstić information content (AvgIpc) is 2.97. The van der Waals surface area contributed by atoms with Gasteiger partial charge in [0.2, 0.25) is 0 Å². The molecular weight excluding hydrogens is 218 g/mol. The highest BCUT2D eigenvalue weighted by Crippen LogP contribution is 2.21. The topological polar surface area (TPSA) is 63.2 Å². The molecule has 0 fully saturated rings. The van der Waals surface area contributed by atoms with Crippen molar-refractivity contribution in [2.45, 2.75) is 19.0 Å². The maximum atomic E-state index is 9.13. The molecule has 0 spiro atoms. The summed E-state index contributed by atoms with van der Waals surface area (Å²) in [7, 11) is 1.93. The Bertz CT molecular complexity index is 450. The lowest BCUT2D eigenvalue weighted by molar-refractivity contribution is 0.239. The van der Waals surface area contributed by atoms with Crippen molar-refractivity contribution < 1.29 is 9.52 Å². The van der Waals surface area contributed by atoms with E-state index in [0.717, 1.165) is 11.6 Å². The third kappa shape index (κ3) is 2.57. The summed E-state index contributed by atoms with van der Waals surface area (Å²) in [6, 6.07) is 3.57. The van der Waals surface area contributed by atoms with Crippen LogP contribution < -0.4 is 5.32 Å². The molecule has 2 atom stereocenters. The van der Waals surface area contributed by atoms with Gasteiger partial charge >= 0.3 is 0 Å². The molecule has 2 heterocycles. The van der Waals surface area contributed by atoms with E-state index in [2.05, 4.69) is 10.3 Å². The molecule has 0 aromatic carbocycles. The van der Waals surface area contributed by atoms with Gasteiger partial charge in [-0.05, 0) is 19.1 Å². The Kier molecular flexibility index (Phi) is 3.61. The van der Waals surface area contributed by atoms with E-state index >= 15 is 0 Å². The second-order valence-corrected chi connectivity index (χ2v) is 4.10. The predicted octanol–water partition coefficient (Wildman–Crippen LogP) is 1.07. The second kappa shape index (κ2) is 5.16. The zero-order valence-corrected chi connectivity index (χ0v) is 10.00. The minimum absolute atomic E-state index is 0.0261. The lowest BCUT2D eigenvalue weighted by atomic mass is 10.2. The summed E-state index contributed by atoms with van der Waals surface area (Å²) >= 11 is 0. The zero-order chi connectivity index (χ0) is 12.3. The van der Waals surface area contributed by atoms with E-state index < -0.39 is 0 Å². The van der Waals surface area contributed by atoms with Crippen LogP contribution in [0.1, 0.15) is 24.6 Å². The number of aromatic nitrogens is 2. The third-order valence-corrected chi connectivity index (χ3v) is 2.67. The van der Waals surface area contributed by atoms with Crippen LogP contribution in [0.15, 0.2) is 35.2 Å². The Morgan fingerprint density at radius 1 is 1.59 bits per heavy atom. The van der Waals surface area contributed by atoms with E-state index in [1.165, 1.54) is 0 Å². The average molecular weight is 235 g/mol. The van der Waals surface area contributed by atoms with Gasteiger partial charge in [0.25, 0.3) is 0 Å². The van der Waals surface area contributed by atoms with Crippen molar-refractivity contribution in [1.82, 2.24) is 14.9 Å². The van der Waals surface area contributed by atoms with E-state index in [9.17, 15) is 0 Å². The molecule has 0 saturated heterocycles. The lowest BCUT2D eigenvalue weighted by Crippen LogP contribution is -2.34. The monoisotopic (exact) mass is 235 g/mol. The molecule has 0 saturated carbocycles. The molecule has 2 aromatic rings. The largest absolute Gasteiger partial charge is 0.467 e. The number of aryl methyl sites for hydroxylation is 1. The summed E-state index contributed by atoms with van der Waals surface area (Å²) in [5, 5.41) is 12.4. The highest BCUT2D eigenvalue weighted by Gasteiger charge is 2.22. The fourth-order valence-corrected chi connectivity index (χ4v) is 1.73. The molecule has 2 aromatic heterocycles. The van der Waals surface area contributed by atoms with Gasteiger partial charge in [0.15, 0.2) is 0 Å². The van der Waals surface area contributed by atoms with Crippen LogP contribution in [-0.4, -0.2) is 27.3 Å². The summed E-state index contributed by atoms with van der Waals surface area (Å²) in [5.74, 6) is 1.65. The maximum Gasteiger partial charge on any atom is 0.133 e. The summed E-state index contributed by atoms with van der Waals surface area (Å²) in [5.41, 5.74) is 0. The van der Waals surface area contributed by atoms with Crippen molar-refractivity contribution in [3.05, 3.63) is 42.4 Å². The lowest BCUT2D eigenvalue weighted by Gasteiger charge is -2.20. The van der Waals surface area contributed by atoms with E-state index in [1.807, 2.05) is 36.9 Å². The smallest absolute Gasteiger partial charge is 0.133 e. The van der Waals surface area contributed by atoms with Gasteiger partial charge in [-0.15, -0.1) is 0 Å². The molecule has 0 bridgehead atoms. The normalized spacial score (nSPS) is 14.8. The van der Waals surface area contributed by atoms with Crippen LogP contribution in [0.4, 0.5) is 0 Å². The number of hydrogen-bond donors (Lipinski definition) is 2. The number of imidazole rings is 1. The van der Waals surface area contributed by atoms with Gasteiger partial charge in [0, 0.05) is 25.5 Å². The fraction of sp³-hybridized carbons (Fsp3) is 0.417. The quantitative estimate of drug-likeness (QED) is 0.813. The first-order valence-electron chi connectivity index (χ1n) is 5.60. The van der Waals surface area contributed by atoms with Crippen LogP contribution in [0.2, 0.25) is 0 Å². The molecular formula is C12H17N3O2. The molecule has 5 heteroatoms. The summed E-state index contributed by atoms with van der Waals surface area (Å²) < 4.78 is 7.36. The van der Waals surface area contributed by atoms with Crippen molar-refractivity contribution in [3.8, 4) is 0 Å². The van der Waals surface area contributed by atoms with Gasteiger partial charge in [-0.1, -0.05) is 0 Å². The fourth-order valence-electron chi connectivity index (χ4n) is 1.73. The molecule has 2 rings (SSSR count). The summed E-state index contributed by atoms with van der Waals surface area (Å²) in [4.78, 5) is 4.32. The van der Waals surface area contributed by atoms with Gasteiger partial charge in [-0.2, -0.15) is 0 Å². The number of rotatable bonds is 5. The van der Waals surface area contributed by atoms with Crippen LogP contribution in [0.25, 0.3) is 0 Å². The molecule has 2 N–H and O–H groups in total. The minimum atomic E-state index is -0.146. The van der Waals surface area contributed by atoms with Crippen molar-refractivity contribution in [2.75, 3.05) is 6.61 Å². The van der Waals surface area contributed by atoms with E-state index in [4.69, 9.17) is 9.52 Å². The van der Waals surface area contributed by atoms with Crippen molar-refractivity contribution in [3.63, 3.8) is 0 Å². The molecule has 0 aliphatic rings. The van der Waals surface area contributed by atoms with Crippen LogP contribution in [0.5, 0.6) is 0 Å². The van der Waals surface area contributed by atoms with Crippen molar-refractivity contribution in [1.29, 1.82) is 0 Å². The standard InChI is InChI=1S/C12H17N3O2/c1-9(8-16)14-11(10-4-3-7-17-10)12-13-5-6-15(12)2/h3-7,9,11,14,16H,8H2,1-2H3. The summed E-state index contributed by atoms with van der Waals surface area (Å²) in [6.07, 6.45) is 5.27. The highest BCUT2D eigenvalue weighted by molar-refractivity contribution is 5.15. The Morgan fingerprint density at radius 3 is 2.94 bits per heavy atom. The first-order valence-corrected chi connectivity index (χ1v) is 5.60. The van der Waals surface area contributed by atoms with Crippen LogP contribution in [-0.2, 0) is 7.05 Å². The molecule has 0 aliphatic carbocycles. The highest BCUT2D eigenvalue weighted by atomic mass is 16.3. The molecule has 0 radical (unpaired) electrons. The van der Waals surface area contributed by atoms with Crippen LogP contribution >= 0.6 is 0 Å². The second-order valence-electron chi connectivity index (χ2n) is 4.10. The van der Waals surface area contributed by atoms with Crippen LogP contribution in [0, 0.1) is 0 Å². The van der Waals surface area contributed by atoms with Gasteiger partial charge in [-0.3, -0.25) is 5.32 Å². The van der Waals surface area contributed by atoms with Crippen LogP contribution in [0.3, 0.4) is 0 Å². The third-order valence-electron chi connectivity index (χ3n) is 2.67. The Hall–Kier alpha value is -1.59. The molecule has 17 heavy (non-hydrogen) atoms. The Labute approximate surface area is 100 Å². The number of hydrogen-bond acceptors (Lipinski definition) is 4. The minimum Gasteiger partial charge on any atom is -0.467 e. The maximum absolute atomic E-state index is 9.13. The Balaban J connectivity index is 2.28. The molecule has 92 valence electrons. The number of aliphatic hydroxyl groups is 1. The molecule has 5 nitrogen and oxygen atoms in total. The van der Waals surface area contributed by atoms with Gasteiger partial charge in [-0.25, -0.2) is 4.98 Å². The SMILES string of the molecule is CC(CO)NC(c1ccco1)c1nccn1C. The van der Waals surface area contributed by atoms with Crippen molar-refractivity contribution >= 4 is 0 Å². The number of nitrogens with one attached hydrogen (secondary N) is 1. The predicted molar refractivity (Wildman–Crippen MR) is 63.4 cm³/mol. The number of aliphatic hydroxyl groups excluding tert-OH is 1. The number of nitrogens with zero attached hydrogens (tertiary/aromatic N) is 2. The Morgan fingerprint density at radius 2 is 2.41 bits per heavy atom. The van der Waals surface area contributed by atoms with Crippen molar-refractivity contribution in [2.24, 2.45) is 7.05 Å². The first kappa shape index (κ1) is 11.9. The number of furan rings is 1. The van der Waals surface area contributed by atoms with E-state index in [1.54, 1.807) is 12.5 Å².